The Labute approximate surface area is 108 Å². The van der Waals surface area contributed by atoms with Crippen molar-refractivity contribution in [3.8, 4) is 0 Å². The van der Waals surface area contributed by atoms with Crippen LogP contribution in [0.25, 0.3) is 0 Å². The predicted molar refractivity (Wildman–Crippen MR) is 70.4 cm³/mol. The molecule has 4 heteroatoms. The van der Waals surface area contributed by atoms with Gasteiger partial charge in [0.05, 0.1) is 0 Å². The second kappa shape index (κ2) is 5.50. The quantitative estimate of drug-likeness (QED) is 0.844. The second-order valence-electron chi connectivity index (χ2n) is 5.03. The smallest absolute Gasteiger partial charge is 0.324 e. The highest BCUT2D eigenvalue weighted by Crippen LogP contribution is 2.22. The highest BCUT2D eigenvalue weighted by Gasteiger charge is 2.40. The molecule has 1 aliphatic heterocycles. The van der Waals surface area contributed by atoms with Gasteiger partial charge in [-0.1, -0.05) is 30.3 Å². The zero-order valence-corrected chi connectivity index (χ0v) is 10.7. The number of nitrogens with zero attached hydrogens (tertiary/aromatic N) is 1. The van der Waals surface area contributed by atoms with Gasteiger partial charge in [0.1, 0.15) is 5.54 Å². The van der Waals surface area contributed by atoms with Crippen molar-refractivity contribution >= 4 is 5.97 Å². The standard InChI is InChI=1S/C14H20N2O2/c1-16-9-7-14(8-10-16,13(17)18)15-11-12-5-3-2-4-6-12/h2-6,15H,7-11H2,1H3,(H,17,18). The Balaban J connectivity index is 2.01. The maximum atomic E-state index is 11.5. The largest absolute Gasteiger partial charge is 0.480 e. The maximum absolute atomic E-state index is 11.5. The number of piperidine rings is 1. The molecule has 0 aromatic heterocycles. The van der Waals surface area contributed by atoms with Gasteiger partial charge in [-0.3, -0.25) is 10.1 Å². The van der Waals surface area contributed by atoms with Crippen LogP contribution in [0.1, 0.15) is 18.4 Å². The normalized spacial score (nSPS) is 19.6. The Morgan fingerprint density at radius 3 is 2.50 bits per heavy atom. The van der Waals surface area contributed by atoms with Crippen molar-refractivity contribution < 1.29 is 9.90 Å². The van der Waals surface area contributed by atoms with Crippen LogP contribution in [0.15, 0.2) is 30.3 Å². The van der Waals surface area contributed by atoms with Crippen LogP contribution in [0.3, 0.4) is 0 Å². The first-order chi connectivity index (χ1) is 8.62. The Morgan fingerprint density at radius 2 is 1.94 bits per heavy atom. The summed E-state index contributed by atoms with van der Waals surface area (Å²) in [7, 11) is 2.03. The number of carbonyl (C=O) groups is 1. The highest BCUT2D eigenvalue weighted by molar-refractivity contribution is 5.79. The van der Waals surface area contributed by atoms with Crippen molar-refractivity contribution in [3.63, 3.8) is 0 Å². The molecule has 2 rings (SSSR count). The molecule has 0 radical (unpaired) electrons. The van der Waals surface area contributed by atoms with E-state index in [0.29, 0.717) is 19.4 Å². The molecular weight excluding hydrogens is 228 g/mol. The first-order valence-corrected chi connectivity index (χ1v) is 6.33. The summed E-state index contributed by atoms with van der Waals surface area (Å²) in [6.07, 6.45) is 1.32. The van der Waals surface area contributed by atoms with Crippen molar-refractivity contribution in [2.24, 2.45) is 0 Å². The highest BCUT2D eigenvalue weighted by atomic mass is 16.4. The number of hydrogen-bond donors (Lipinski definition) is 2. The van der Waals surface area contributed by atoms with Crippen LogP contribution in [0.5, 0.6) is 0 Å². The fourth-order valence-corrected chi connectivity index (χ4v) is 2.33. The minimum atomic E-state index is -0.762. The molecule has 1 saturated heterocycles. The molecule has 1 aromatic rings. The molecule has 18 heavy (non-hydrogen) atoms. The molecule has 1 aromatic carbocycles. The Bertz CT molecular complexity index is 398. The van der Waals surface area contributed by atoms with E-state index in [1.54, 1.807) is 0 Å². The van der Waals surface area contributed by atoms with Crippen molar-refractivity contribution in [2.45, 2.75) is 24.9 Å². The summed E-state index contributed by atoms with van der Waals surface area (Å²) in [6.45, 7) is 2.26. The Morgan fingerprint density at radius 1 is 1.33 bits per heavy atom. The number of benzene rings is 1. The van der Waals surface area contributed by atoms with E-state index in [0.717, 1.165) is 18.7 Å². The van der Waals surface area contributed by atoms with E-state index in [-0.39, 0.29) is 0 Å². The lowest BCUT2D eigenvalue weighted by atomic mass is 9.87. The molecule has 0 atom stereocenters. The number of carboxylic acid groups (broad SMARTS) is 1. The summed E-state index contributed by atoms with van der Waals surface area (Å²) >= 11 is 0. The molecule has 1 aliphatic rings. The zero-order chi connectivity index (χ0) is 13.0. The topological polar surface area (TPSA) is 52.6 Å². The molecule has 4 nitrogen and oxygen atoms in total. The van der Waals surface area contributed by atoms with Crippen LogP contribution < -0.4 is 5.32 Å². The van der Waals surface area contributed by atoms with Gasteiger partial charge in [-0.15, -0.1) is 0 Å². The monoisotopic (exact) mass is 248 g/mol. The second-order valence-corrected chi connectivity index (χ2v) is 5.03. The molecule has 0 aliphatic carbocycles. The van der Waals surface area contributed by atoms with Gasteiger partial charge in [0.15, 0.2) is 0 Å². The SMILES string of the molecule is CN1CCC(NCc2ccccc2)(C(=O)O)CC1. The van der Waals surface area contributed by atoms with Gasteiger partial charge >= 0.3 is 5.97 Å². The van der Waals surface area contributed by atoms with Crippen molar-refractivity contribution in [3.05, 3.63) is 35.9 Å². The Kier molecular flexibility index (Phi) is 3.99. The van der Waals surface area contributed by atoms with Crippen LogP contribution in [0.4, 0.5) is 0 Å². The average molecular weight is 248 g/mol. The third-order valence-corrected chi connectivity index (χ3v) is 3.72. The summed E-state index contributed by atoms with van der Waals surface area (Å²) in [5, 5.41) is 12.7. The Hall–Kier alpha value is -1.39. The number of likely N-dealkylation sites (tertiary alicyclic amines) is 1. The summed E-state index contributed by atoms with van der Waals surface area (Å²) in [4.78, 5) is 13.7. The van der Waals surface area contributed by atoms with Crippen LogP contribution in [-0.2, 0) is 11.3 Å². The first kappa shape index (κ1) is 13.1. The van der Waals surface area contributed by atoms with Crippen LogP contribution in [0, 0.1) is 0 Å². The number of rotatable bonds is 4. The lowest BCUT2D eigenvalue weighted by molar-refractivity contribution is -0.147. The minimum absolute atomic E-state index is 0.608. The predicted octanol–water partition coefficient (Wildman–Crippen LogP) is 1.33. The molecule has 0 saturated carbocycles. The van der Waals surface area contributed by atoms with Gasteiger partial charge in [0.2, 0.25) is 0 Å². The van der Waals surface area contributed by atoms with Gasteiger partial charge in [0, 0.05) is 19.6 Å². The molecule has 98 valence electrons. The van der Waals surface area contributed by atoms with Gasteiger partial charge in [-0.2, -0.15) is 0 Å². The number of aliphatic carboxylic acids is 1. The van der Waals surface area contributed by atoms with Crippen LogP contribution in [0.2, 0.25) is 0 Å². The number of carboxylic acids is 1. The molecule has 0 bridgehead atoms. The maximum Gasteiger partial charge on any atom is 0.324 e. The lowest BCUT2D eigenvalue weighted by Gasteiger charge is -2.38. The van der Waals surface area contributed by atoms with E-state index in [4.69, 9.17) is 0 Å². The molecule has 1 heterocycles. The van der Waals surface area contributed by atoms with E-state index < -0.39 is 11.5 Å². The zero-order valence-electron chi connectivity index (χ0n) is 10.7. The lowest BCUT2D eigenvalue weighted by Crippen LogP contribution is -2.57. The van der Waals surface area contributed by atoms with Crippen molar-refractivity contribution in [1.29, 1.82) is 0 Å². The molecular formula is C14H20N2O2. The summed E-state index contributed by atoms with van der Waals surface area (Å²) in [5.74, 6) is -0.730. The van der Waals surface area contributed by atoms with Gasteiger partial charge in [-0.05, 0) is 25.5 Å². The fraction of sp³-hybridized carbons (Fsp3) is 0.500. The third kappa shape index (κ3) is 2.89. The van der Waals surface area contributed by atoms with E-state index in [1.165, 1.54) is 0 Å². The van der Waals surface area contributed by atoms with Gasteiger partial charge in [-0.25, -0.2) is 0 Å². The van der Waals surface area contributed by atoms with Crippen molar-refractivity contribution in [2.75, 3.05) is 20.1 Å². The van der Waals surface area contributed by atoms with E-state index in [2.05, 4.69) is 10.2 Å². The van der Waals surface area contributed by atoms with Gasteiger partial charge in [0.25, 0.3) is 0 Å². The summed E-state index contributed by atoms with van der Waals surface area (Å²) < 4.78 is 0. The molecule has 0 unspecified atom stereocenters. The van der Waals surface area contributed by atoms with E-state index in [1.807, 2.05) is 37.4 Å². The molecule has 0 spiro atoms. The molecule has 1 fully saturated rings. The first-order valence-electron chi connectivity index (χ1n) is 6.33. The number of hydrogen-bond acceptors (Lipinski definition) is 3. The van der Waals surface area contributed by atoms with Crippen LogP contribution >= 0.6 is 0 Å². The van der Waals surface area contributed by atoms with E-state index in [9.17, 15) is 9.90 Å². The van der Waals surface area contributed by atoms with Gasteiger partial charge < -0.3 is 10.0 Å². The minimum Gasteiger partial charge on any atom is -0.480 e. The average Bonchev–Trinajstić information content (AvgIpc) is 2.39. The molecule has 0 amide bonds. The number of nitrogens with one attached hydrogen (secondary N) is 1. The van der Waals surface area contributed by atoms with Crippen molar-refractivity contribution in [1.82, 2.24) is 10.2 Å². The third-order valence-electron chi connectivity index (χ3n) is 3.72. The summed E-state index contributed by atoms with van der Waals surface area (Å²) in [6, 6.07) is 9.93. The van der Waals surface area contributed by atoms with E-state index >= 15 is 0 Å². The molecule has 2 N–H and O–H groups in total. The summed E-state index contributed by atoms with van der Waals surface area (Å²) in [5.41, 5.74) is 0.361. The fourth-order valence-electron chi connectivity index (χ4n) is 2.33. The van der Waals surface area contributed by atoms with Crippen LogP contribution in [-0.4, -0.2) is 41.7 Å².